The second kappa shape index (κ2) is 5.39. The third-order valence-electron chi connectivity index (χ3n) is 2.45. The molecule has 0 aliphatic heterocycles. The summed E-state index contributed by atoms with van der Waals surface area (Å²) in [6, 6.07) is 10.5. The number of phenols is 1. The Balaban J connectivity index is 2.17. The van der Waals surface area contributed by atoms with Crippen molar-refractivity contribution < 1.29 is 5.11 Å². The van der Waals surface area contributed by atoms with Gasteiger partial charge >= 0.3 is 0 Å². The van der Waals surface area contributed by atoms with E-state index in [0.717, 1.165) is 5.56 Å². The third-order valence-corrected chi connectivity index (χ3v) is 2.83. The van der Waals surface area contributed by atoms with Gasteiger partial charge in [-0.15, -0.1) is 0 Å². The van der Waals surface area contributed by atoms with E-state index in [2.05, 4.69) is 10.3 Å². The van der Waals surface area contributed by atoms with E-state index >= 15 is 0 Å². The minimum Gasteiger partial charge on any atom is -0.508 e. The van der Waals surface area contributed by atoms with Crippen LogP contribution >= 0.6 is 11.6 Å². The Morgan fingerprint density at radius 2 is 2.11 bits per heavy atom. The van der Waals surface area contributed by atoms with E-state index in [9.17, 15) is 5.11 Å². The Kier molecular flexibility index (Phi) is 3.66. The smallest absolute Gasteiger partial charge is 0.146 e. The van der Waals surface area contributed by atoms with Gasteiger partial charge < -0.3 is 10.4 Å². The van der Waals surface area contributed by atoms with Crippen LogP contribution in [-0.4, -0.2) is 10.1 Å². The first-order chi connectivity index (χ1) is 8.72. The van der Waals surface area contributed by atoms with E-state index in [1.54, 1.807) is 24.3 Å². The highest BCUT2D eigenvalue weighted by Gasteiger charge is 2.07. The molecule has 18 heavy (non-hydrogen) atoms. The van der Waals surface area contributed by atoms with Crippen LogP contribution in [0.2, 0.25) is 5.02 Å². The maximum absolute atomic E-state index is 9.61. The molecule has 0 radical (unpaired) electrons. The number of hydrogen-bond donors (Lipinski definition) is 2. The molecule has 0 aliphatic rings. The van der Waals surface area contributed by atoms with Crippen molar-refractivity contribution >= 4 is 17.4 Å². The summed E-state index contributed by atoms with van der Waals surface area (Å²) in [5, 5.41) is 21.7. The summed E-state index contributed by atoms with van der Waals surface area (Å²) in [6.07, 6.45) is 1.51. The van der Waals surface area contributed by atoms with Gasteiger partial charge in [0.05, 0.1) is 5.56 Å². The van der Waals surface area contributed by atoms with Gasteiger partial charge in [0.1, 0.15) is 22.7 Å². The average molecular weight is 260 g/mol. The van der Waals surface area contributed by atoms with Gasteiger partial charge in [0.15, 0.2) is 0 Å². The molecular weight excluding hydrogens is 250 g/mol. The van der Waals surface area contributed by atoms with Crippen molar-refractivity contribution in [2.45, 2.75) is 6.54 Å². The van der Waals surface area contributed by atoms with E-state index in [1.807, 2.05) is 12.1 Å². The summed E-state index contributed by atoms with van der Waals surface area (Å²) in [7, 11) is 0. The SMILES string of the molecule is N#Cc1ccnc(NCc2ccccc2O)c1Cl. The van der Waals surface area contributed by atoms with Crippen molar-refractivity contribution in [2.24, 2.45) is 0 Å². The summed E-state index contributed by atoms with van der Waals surface area (Å²) < 4.78 is 0. The van der Waals surface area contributed by atoms with Crippen molar-refractivity contribution in [1.29, 1.82) is 5.26 Å². The molecule has 0 aliphatic carbocycles. The normalized spacial score (nSPS) is 9.78. The Hall–Kier alpha value is -2.25. The van der Waals surface area contributed by atoms with Gasteiger partial charge in [-0.05, 0) is 12.1 Å². The molecule has 2 aromatic rings. The van der Waals surface area contributed by atoms with Crippen molar-refractivity contribution in [3.05, 3.63) is 52.7 Å². The van der Waals surface area contributed by atoms with Crippen LogP contribution in [0.4, 0.5) is 5.82 Å². The highest BCUT2D eigenvalue weighted by atomic mass is 35.5. The first-order valence-corrected chi connectivity index (χ1v) is 5.65. The number of anilines is 1. The van der Waals surface area contributed by atoms with Crippen molar-refractivity contribution in [2.75, 3.05) is 5.32 Å². The van der Waals surface area contributed by atoms with Crippen LogP contribution in [0.1, 0.15) is 11.1 Å². The Bertz CT molecular complexity index is 607. The highest BCUT2D eigenvalue weighted by Crippen LogP contribution is 2.24. The molecule has 0 saturated heterocycles. The van der Waals surface area contributed by atoms with E-state index in [1.165, 1.54) is 6.20 Å². The molecule has 5 heteroatoms. The quantitative estimate of drug-likeness (QED) is 0.889. The number of nitriles is 1. The molecule has 90 valence electrons. The lowest BCUT2D eigenvalue weighted by Gasteiger charge is -2.09. The number of nitrogens with one attached hydrogen (secondary N) is 1. The fourth-order valence-electron chi connectivity index (χ4n) is 1.49. The monoisotopic (exact) mass is 259 g/mol. The number of phenolic OH excluding ortho intramolecular Hbond substituents is 1. The van der Waals surface area contributed by atoms with Crippen LogP contribution in [0.3, 0.4) is 0 Å². The number of benzene rings is 1. The number of hydrogen-bond acceptors (Lipinski definition) is 4. The molecule has 1 heterocycles. The first-order valence-electron chi connectivity index (χ1n) is 5.27. The van der Waals surface area contributed by atoms with Gasteiger partial charge in [-0.3, -0.25) is 0 Å². The zero-order chi connectivity index (χ0) is 13.0. The molecule has 4 nitrogen and oxygen atoms in total. The number of nitrogens with zero attached hydrogens (tertiary/aromatic N) is 2. The molecule has 2 rings (SSSR count). The summed E-state index contributed by atoms with van der Waals surface area (Å²) >= 11 is 6.00. The number of pyridine rings is 1. The Morgan fingerprint density at radius 3 is 2.83 bits per heavy atom. The predicted molar refractivity (Wildman–Crippen MR) is 69.4 cm³/mol. The van der Waals surface area contributed by atoms with Crippen molar-refractivity contribution in [3.63, 3.8) is 0 Å². The molecule has 0 unspecified atom stereocenters. The number of halogens is 1. The first kappa shape index (κ1) is 12.2. The topological polar surface area (TPSA) is 68.9 Å². The van der Waals surface area contributed by atoms with Gasteiger partial charge in [0.25, 0.3) is 0 Å². The molecule has 0 fully saturated rings. The van der Waals surface area contributed by atoms with Crippen LogP contribution in [0.5, 0.6) is 5.75 Å². The van der Waals surface area contributed by atoms with Crippen LogP contribution in [0, 0.1) is 11.3 Å². The van der Waals surface area contributed by atoms with E-state index in [0.29, 0.717) is 17.9 Å². The van der Waals surface area contributed by atoms with E-state index in [-0.39, 0.29) is 10.8 Å². The Morgan fingerprint density at radius 1 is 1.33 bits per heavy atom. The average Bonchev–Trinajstić information content (AvgIpc) is 2.39. The largest absolute Gasteiger partial charge is 0.508 e. The van der Waals surface area contributed by atoms with Gasteiger partial charge in [0, 0.05) is 18.3 Å². The summed E-state index contributed by atoms with van der Waals surface area (Å²) in [5.41, 5.74) is 1.10. The van der Waals surface area contributed by atoms with Crippen molar-refractivity contribution in [1.82, 2.24) is 4.98 Å². The fraction of sp³-hybridized carbons (Fsp3) is 0.0769. The molecule has 0 spiro atoms. The number of aromatic nitrogens is 1. The van der Waals surface area contributed by atoms with Crippen LogP contribution in [0.25, 0.3) is 0 Å². The minimum absolute atomic E-state index is 0.206. The predicted octanol–water partition coefficient (Wildman–Crippen LogP) is 2.92. The van der Waals surface area contributed by atoms with Gasteiger partial charge in [0.2, 0.25) is 0 Å². The maximum Gasteiger partial charge on any atom is 0.146 e. The summed E-state index contributed by atoms with van der Waals surface area (Å²) in [6.45, 7) is 0.383. The maximum atomic E-state index is 9.61. The lowest BCUT2D eigenvalue weighted by atomic mass is 10.2. The van der Waals surface area contributed by atoms with Crippen LogP contribution in [-0.2, 0) is 6.54 Å². The zero-order valence-electron chi connectivity index (χ0n) is 9.39. The lowest BCUT2D eigenvalue weighted by Crippen LogP contribution is -2.02. The number of aromatic hydroxyl groups is 1. The molecule has 0 atom stereocenters. The Labute approximate surface area is 109 Å². The third kappa shape index (κ3) is 2.53. The fourth-order valence-corrected chi connectivity index (χ4v) is 1.71. The molecule has 1 aromatic heterocycles. The molecule has 0 saturated carbocycles. The zero-order valence-corrected chi connectivity index (χ0v) is 10.1. The number of rotatable bonds is 3. The van der Waals surface area contributed by atoms with Gasteiger partial charge in [-0.1, -0.05) is 29.8 Å². The standard InChI is InChI=1S/C13H10ClN3O/c14-12-9(7-15)5-6-16-13(12)17-8-10-3-1-2-4-11(10)18/h1-6,18H,8H2,(H,16,17). The van der Waals surface area contributed by atoms with Gasteiger partial charge in [-0.2, -0.15) is 5.26 Å². The summed E-state index contributed by atoms with van der Waals surface area (Å²) in [4.78, 5) is 4.06. The number of para-hydroxylation sites is 1. The highest BCUT2D eigenvalue weighted by molar-refractivity contribution is 6.34. The second-order valence-corrected chi connectivity index (χ2v) is 3.99. The van der Waals surface area contributed by atoms with Crippen LogP contribution in [0.15, 0.2) is 36.5 Å². The lowest BCUT2D eigenvalue weighted by molar-refractivity contribution is 0.469. The van der Waals surface area contributed by atoms with E-state index in [4.69, 9.17) is 16.9 Å². The molecule has 1 aromatic carbocycles. The second-order valence-electron chi connectivity index (χ2n) is 3.62. The molecule has 0 bridgehead atoms. The van der Waals surface area contributed by atoms with Gasteiger partial charge in [-0.25, -0.2) is 4.98 Å². The molecular formula is C13H10ClN3O. The molecule has 0 amide bonds. The minimum atomic E-state index is 0.206. The van der Waals surface area contributed by atoms with Crippen LogP contribution < -0.4 is 5.32 Å². The van der Waals surface area contributed by atoms with E-state index < -0.39 is 0 Å². The van der Waals surface area contributed by atoms with Crippen molar-refractivity contribution in [3.8, 4) is 11.8 Å². The molecule has 2 N–H and O–H groups in total. The summed E-state index contributed by atoms with van der Waals surface area (Å²) in [5.74, 6) is 0.636.